The van der Waals surface area contributed by atoms with Gasteiger partial charge in [0.15, 0.2) is 9.84 Å². The summed E-state index contributed by atoms with van der Waals surface area (Å²) >= 11 is 5.95. The van der Waals surface area contributed by atoms with Crippen molar-refractivity contribution in [2.45, 2.75) is 24.2 Å². The Hall–Kier alpha value is -1.07. The lowest BCUT2D eigenvalue weighted by Crippen LogP contribution is -2.28. The van der Waals surface area contributed by atoms with Crippen molar-refractivity contribution < 1.29 is 13.2 Å². The summed E-state index contributed by atoms with van der Waals surface area (Å²) in [5.41, 5.74) is 0.358. The van der Waals surface area contributed by atoms with Crippen molar-refractivity contribution in [2.75, 3.05) is 11.6 Å². The lowest BCUT2D eigenvalue weighted by Gasteiger charge is -2.24. The maximum atomic E-state index is 11.8. The van der Waals surface area contributed by atoms with Gasteiger partial charge in [0.2, 0.25) is 5.91 Å². The molecule has 1 N–H and O–H groups in total. The zero-order valence-electron chi connectivity index (χ0n) is 9.94. The van der Waals surface area contributed by atoms with Gasteiger partial charge in [-0.2, -0.15) is 0 Å². The maximum absolute atomic E-state index is 11.8. The smallest absolute Gasteiger partial charge is 0.227 e. The molecule has 0 aromatic heterocycles. The number of amides is 1. The molecule has 1 amide bonds. The average molecular weight is 288 g/mol. The van der Waals surface area contributed by atoms with Crippen molar-refractivity contribution in [1.82, 2.24) is 0 Å². The number of halogens is 1. The second-order valence-corrected chi connectivity index (χ2v) is 6.95. The van der Waals surface area contributed by atoms with Gasteiger partial charge in [-0.1, -0.05) is 18.0 Å². The SMILES string of the molecule is CS(=O)(=O)c1ccc(Cl)c(NC(=O)C2CCC2)c1. The quantitative estimate of drug-likeness (QED) is 0.929. The predicted octanol–water partition coefficient (Wildman–Crippen LogP) is 2.48. The van der Waals surface area contributed by atoms with Gasteiger partial charge in [-0.25, -0.2) is 8.42 Å². The Bertz CT molecular complexity index is 579. The molecule has 0 aliphatic heterocycles. The molecule has 1 aliphatic carbocycles. The second kappa shape index (κ2) is 4.90. The molecule has 0 saturated heterocycles. The van der Waals surface area contributed by atoms with Crippen molar-refractivity contribution in [2.24, 2.45) is 5.92 Å². The molecule has 0 heterocycles. The Morgan fingerprint density at radius 2 is 2.06 bits per heavy atom. The number of anilines is 1. The average Bonchev–Trinajstić information content (AvgIpc) is 2.16. The van der Waals surface area contributed by atoms with Crippen LogP contribution in [0.1, 0.15) is 19.3 Å². The maximum Gasteiger partial charge on any atom is 0.227 e. The largest absolute Gasteiger partial charge is 0.324 e. The first-order chi connectivity index (χ1) is 8.38. The first kappa shape index (κ1) is 13.4. The normalized spacial score (nSPS) is 16.1. The van der Waals surface area contributed by atoms with Crippen molar-refractivity contribution in [3.8, 4) is 0 Å². The highest BCUT2D eigenvalue weighted by Gasteiger charge is 2.25. The highest BCUT2D eigenvalue weighted by atomic mass is 35.5. The zero-order valence-corrected chi connectivity index (χ0v) is 11.5. The van der Waals surface area contributed by atoms with Crippen LogP contribution in [-0.4, -0.2) is 20.6 Å². The van der Waals surface area contributed by atoms with Crippen LogP contribution < -0.4 is 5.32 Å². The first-order valence-corrected chi connectivity index (χ1v) is 7.95. The standard InChI is InChI=1S/C12H14ClNO3S/c1-18(16,17)9-5-6-10(13)11(7-9)14-12(15)8-3-2-4-8/h5-8H,2-4H2,1H3,(H,14,15). The number of carbonyl (C=O) groups excluding carboxylic acids is 1. The number of hydrogen-bond donors (Lipinski definition) is 1. The predicted molar refractivity (Wildman–Crippen MR) is 70.5 cm³/mol. The molecule has 1 fully saturated rings. The number of sulfone groups is 1. The summed E-state index contributed by atoms with van der Waals surface area (Å²) in [6.07, 6.45) is 3.95. The molecule has 6 heteroatoms. The van der Waals surface area contributed by atoms with E-state index < -0.39 is 9.84 Å². The van der Waals surface area contributed by atoms with Crippen LogP contribution in [0.3, 0.4) is 0 Å². The van der Waals surface area contributed by atoms with E-state index in [4.69, 9.17) is 11.6 Å². The fourth-order valence-electron chi connectivity index (χ4n) is 1.74. The number of carbonyl (C=O) groups is 1. The van der Waals surface area contributed by atoms with Gasteiger partial charge < -0.3 is 5.32 Å². The minimum Gasteiger partial charge on any atom is -0.324 e. The van der Waals surface area contributed by atoms with Crippen molar-refractivity contribution in [3.63, 3.8) is 0 Å². The molecule has 1 aromatic rings. The fraction of sp³-hybridized carbons (Fsp3) is 0.417. The van der Waals surface area contributed by atoms with E-state index in [1.807, 2.05) is 0 Å². The van der Waals surface area contributed by atoms with E-state index in [2.05, 4.69) is 5.32 Å². The Kier molecular flexibility index (Phi) is 3.64. The molecule has 0 bridgehead atoms. The molecule has 0 radical (unpaired) electrons. The molecular formula is C12H14ClNO3S. The van der Waals surface area contributed by atoms with Gasteiger partial charge in [-0.05, 0) is 31.0 Å². The van der Waals surface area contributed by atoms with Crippen LogP contribution in [0.2, 0.25) is 5.02 Å². The van der Waals surface area contributed by atoms with Crippen LogP contribution in [-0.2, 0) is 14.6 Å². The summed E-state index contributed by atoms with van der Waals surface area (Å²) in [6, 6.07) is 4.30. The molecule has 2 rings (SSSR count). The van der Waals surface area contributed by atoms with Crippen LogP contribution in [0, 0.1) is 5.92 Å². The Labute approximate surface area is 111 Å². The van der Waals surface area contributed by atoms with Gasteiger partial charge in [0.1, 0.15) is 0 Å². The lowest BCUT2D eigenvalue weighted by molar-refractivity contribution is -0.122. The molecule has 1 aliphatic rings. The zero-order chi connectivity index (χ0) is 13.3. The highest BCUT2D eigenvalue weighted by molar-refractivity contribution is 7.90. The summed E-state index contributed by atoms with van der Waals surface area (Å²) in [6.45, 7) is 0. The topological polar surface area (TPSA) is 63.2 Å². The van der Waals surface area contributed by atoms with Gasteiger partial charge in [0.25, 0.3) is 0 Å². The van der Waals surface area contributed by atoms with E-state index in [9.17, 15) is 13.2 Å². The third-order valence-corrected chi connectivity index (χ3v) is 4.54. The monoisotopic (exact) mass is 287 g/mol. The Balaban J connectivity index is 2.23. The number of benzene rings is 1. The van der Waals surface area contributed by atoms with E-state index in [0.29, 0.717) is 10.7 Å². The van der Waals surface area contributed by atoms with Gasteiger partial charge in [-0.3, -0.25) is 4.79 Å². The third kappa shape index (κ3) is 2.84. The molecule has 18 heavy (non-hydrogen) atoms. The van der Waals surface area contributed by atoms with E-state index in [0.717, 1.165) is 25.5 Å². The molecular weight excluding hydrogens is 274 g/mol. The van der Waals surface area contributed by atoms with Gasteiger partial charge in [-0.15, -0.1) is 0 Å². The summed E-state index contributed by atoms with van der Waals surface area (Å²) in [5, 5.41) is 3.03. The van der Waals surface area contributed by atoms with Gasteiger partial charge in [0, 0.05) is 12.2 Å². The highest BCUT2D eigenvalue weighted by Crippen LogP contribution is 2.30. The molecule has 1 saturated carbocycles. The Morgan fingerprint density at radius 1 is 1.39 bits per heavy atom. The molecule has 1 aromatic carbocycles. The van der Waals surface area contributed by atoms with E-state index >= 15 is 0 Å². The molecule has 98 valence electrons. The number of nitrogens with one attached hydrogen (secondary N) is 1. The molecule has 4 nitrogen and oxygen atoms in total. The van der Waals surface area contributed by atoms with Crippen molar-refractivity contribution in [1.29, 1.82) is 0 Å². The second-order valence-electron chi connectivity index (χ2n) is 4.53. The van der Waals surface area contributed by atoms with Crippen LogP contribution >= 0.6 is 11.6 Å². The van der Waals surface area contributed by atoms with Crippen LogP contribution in [0.5, 0.6) is 0 Å². The van der Waals surface area contributed by atoms with Crippen LogP contribution in [0.25, 0.3) is 0 Å². The minimum atomic E-state index is -3.30. The number of rotatable bonds is 3. The van der Waals surface area contributed by atoms with E-state index in [1.165, 1.54) is 18.2 Å². The van der Waals surface area contributed by atoms with Crippen molar-refractivity contribution in [3.05, 3.63) is 23.2 Å². The Morgan fingerprint density at radius 3 is 2.56 bits per heavy atom. The lowest BCUT2D eigenvalue weighted by atomic mass is 9.85. The summed E-state index contributed by atoms with van der Waals surface area (Å²) in [4.78, 5) is 11.9. The fourth-order valence-corrected chi connectivity index (χ4v) is 2.55. The number of hydrogen-bond acceptors (Lipinski definition) is 3. The van der Waals surface area contributed by atoms with E-state index in [1.54, 1.807) is 0 Å². The summed E-state index contributed by atoms with van der Waals surface area (Å²) < 4.78 is 22.9. The van der Waals surface area contributed by atoms with Crippen LogP contribution in [0.15, 0.2) is 23.1 Å². The molecule has 0 atom stereocenters. The molecule has 0 spiro atoms. The summed E-state index contributed by atoms with van der Waals surface area (Å²) in [7, 11) is -3.30. The first-order valence-electron chi connectivity index (χ1n) is 5.68. The van der Waals surface area contributed by atoms with Gasteiger partial charge in [0.05, 0.1) is 15.6 Å². The van der Waals surface area contributed by atoms with E-state index in [-0.39, 0.29) is 16.7 Å². The van der Waals surface area contributed by atoms with Crippen LogP contribution in [0.4, 0.5) is 5.69 Å². The third-order valence-electron chi connectivity index (χ3n) is 3.10. The van der Waals surface area contributed by atoms with Gasteiger partial charge >= 0.3 is 0 Å². The molecule has 0 unspecified atom stereocenters. The minimum absolute atomic E-state index is 0.0305. The van der Waals surface area contributed by atoms with Crippen molar-refractivity contribution >= 4 is 33.0 Å². The summed E-state index contributed by atoms with van der Waals surface area (Å²) in [5.74, 6) is -0.0586.